The minimum Gasteiger partial charge on any atom is -0.478 e. The summed E-state index contributed by atoms with van der Waals surface area (Å²) in [6, 6.07) is 0.340. The number of aliphatic carboxylic acids is 1. The maximum Gasteiger partial charge on any atom is 0.331 e. The number of carbonyl (C=O) groups is 2. The lowest BCUT2D eigenvalue weighted by atomic mass is 10.1. The van der Waals surface area contributed by atoms with Gasteiger partial charge >= 0.3 is 5.97 Å². The summed E-state index contributed by atoms with van der Waals surface area (Å²) in [5, 5.41) is 8.90. The van der Waals surface area contributed by atoms with Crippen molar-refractivity contribution in [2.45, 2.75) is 26.8 Å². The van der Waals surface area contributed by atoms with Crippen molar-refractivity contribution in [2.75, 3.05) is 27.2 Å². The third-order valence-corrected chi connectivity index (χ3v) is 3.73. The summed E-state index contributed by atoms with van der Waals surface area (Å²) in [6.07, 6.45) is 0. The Balaban J connectivity index is 2.83. The van der Waals surface area contributed by atoms with Crippen molar-refractivity contribution in [3.8, 4) is 0 Å². The van der Waals surface area contributed by atoms with Gasteiger partial charge in [-0.1, -0.05) is 6.92 Å². The second kappa shape index (κ2) is 5.52. The fourth-order valence-corrected chi connectivity index (χ4v) is 2.35. The Labute approximate surface area is 108 Å². The van der Waals surface area contributed by atoms with E-state index in [9.17, 15) is 9.59 Å². The van der Waals surface area contributed by atoms with Gasteiger partial charge in [0.2, 0.25) is 5.91 Å². The van der Waals surface area contributed by atoms with Crippen LogP contribution in [0.15, 0.2) is 11.1 Å². The van der Waals surface area contributed by atoms with Crippen LogP contribution in [0, 0.1) is 5.92 Å². The summed E-state index contributed by atoms with van der Waals surface area (Å²) < 4.78 is 0. The first kappa shape index (κ1) is 14.7. The summed E-state index contributed by atoms with van der Waals surface area (Å²) in [5.74, 6) is -0.787. The van der Waals surface area contributed by atoms with Crippen LogP contribution in [0.5, 0.6) is 0 Å². The van der Waals surface area contributed by atoms with Gasteiger partial charge in [-0.2, -0.15) is 0 Å². The molecule has 1 N–H and O–H groups in total. The van der Waals surface area contributed by atoms with Crippen LogP contribution in [0.2, 0.25) is 0 Å². The molecule has 0 spiro atoms. The van der Waals surface area contributed by atoms with Crippen molar-refractivity contribution in [3.05, 3.63) is 11.1 Å². The molecule has 102 valence electrons. The monoisotopic (exact) mass is 254 g/mol. The van der Waals surface area contributed by atoms with Gasteiger partial charge in [0.05, 0.1) is 0 Å². The number of hydrogen-bond acceptors (Lipinski definition) is 3. The Bertz CT molecular complexity index is 388. The van der Waals surface area contributed by atoms with E-state index in [1.807, 2.05) is 14.1 Å². The summed E-state index contributed by atoms with van der Waals surface area (Å²) in [5.41, 5.74) is 0.454. The van der Waals surface area contributed by atoms with E-state index in [1.165, 1.54) is 6.92 Å². The highest BCUT2D eigenvalue weighted by Gasteiger charge is 2.34. The molecule has 5 nitrogen and oxygen atoms in total. The molecule has 2 unspecified atom stereocenters. The van der Waals surface area contributed by atoms with Crippen LogP contribution in [0.25, 0.3) is 0 Å². The predicted molar refractivity (Wildman–Crippen MR) is 69.2 cm³/mol. The topological polar surface area (TPSA) is 60.9 Å². The standard InChI is InChI=1S/C13H22N2O3/c1-8-6-15(7-11(8)14(4)5)12(16)9(2)10(3)13(17)18/h8,11H,6-7H2,1-5H3,(H,17,18). The Kier molecular flexibility index (Phi) is 4.51. The molecule has 1 aliphatic rings. The quantitative estimate of drug-likeness (QED) is 0.757. The molecule has 0 aromatic rings. The number of likely N-dealkylation sites (N-methyl/N-ethyl adjacent to an activating group) is 1. The van der Waals surface area contributed by atoms with E-state index >= 15 is 0 Å². The molecule has 0 aromatic carbocycles. The molecule has 18 heavy (non-hydrogen) atoms. The maximum absolute atomic E-state index is 12.2. The molecule has 1 saturated heterocycles. The summed E-state index contributed by atoms with van der Waals surface area (Å²) in [6.45, 7) is 6.52. The van der Waals surface area contributed by atoms with Gasteiger partial charge < -0.3 is 14.9 Å². The number of hydrogen-bond donors (Lipinski definition) is 1. The summed E-state index contributed by atoms with van der Waals surface area (Å²) in [4.78, 5) is 26.9. The van der Waals surface area contributed by atoms with Crippen molar-refractivity contribution in [1.29, 1.82) is 0 Å². The Morgan fingerprint density at radius 1 is 1.17 bits per heavy atom. The van der Waals surface area contributed by atoms with Crippen molar-refractivity contribution in [1.82, 2.24) is 9.80 Å². The van der Waals surface area contributed by atoms with Crippen molar-refractivity contribution in [2.24, 2.45) is 5.92 Å². The van der Waals surface area contributed by atoms with Gasteiger partial charge in [-0.25, -0.2) is 4.79 Å². The Morgan fingerprint density at radius 3 is 2.11 bits per heavy atom. The van der Waals surface area contributed by atoms with Crippen LogP contribution < -0.4 is 0 Å². The van der Waals surface area contributed by atoms with E-state index in [2.05, 4.69) is 11.8 Å². The van der Waals surface area contributed by atoms with Gasteiger partial charge in [0.1, 0.15) is 0 Å². The number of amides is 1. The first-order valence-corrected chi connectivity index (χ1v) is 6.12. The summed E-state index contributed by atoms with van der Waals surface area (Å²) in [7, 11) is 4.00. The van der Waals surface area contributed by atoms with E-state index in [0.717, 1.165) is 0 Å². The van der Waals surface area contributed by atoms with Crippen LogP contribution in [0.4, 0.5) is 0 Å². The van der Waals surface area contributed by atoms with Crippen LogP contribution in [0.1, 0.15) is 20.8 Å². The number of nitrogens with zero attached hydrogens (tertiary/aromatic N) is 2. The first-order chi connectivity index (χ1) is 8.25. The molecule has 0 aliphatic carbocycles. The average Bonchev–Trinajstić information content (AvgIpc) is 2.68. The molecule has 0 bridgehead atoms. The first-order valence-electron chi connectivity index (χ1n) is 6.12. The third kappa shape index (κ3) is 2.90. The molecule has 0 radical (unpaired) electrons. The zero-order valence-electron chi connectivity index (χ0n) is 11.7. The highest BCUT2D eigenvalue weighted by molar-refractivity contribution is 6.01. The molecular formula is C13H22N2O3. The normalized spacial score (nSPS) is 25.3. The van der Waals surface area contributed by atoms with Crippen molar-refractivity contribution in [3.63, 3.8) is 0 Å². The highest BCUT2D eigenvalue weighted by atomic mass is 16.4. The lowest BCUT2D eigenvalue weighted by Crippen LogP contribution is -2.36. The smallest absolute Gasteiger partial charge is 0.331 e. The van der Waals surface area contributed by atoms with E-state index in [4.69, 9.17) is 5.11 Å². The zero-order chi connectivity index (χ0) is 14.0. The molecule has 0 saturated carbocycles. The van der Waals surface area contributed by atoms with Crippen LogP contribution in [-0.4, -0.2) is 60.0 Å². The van der Waals surface area contributed by atoms with Crippen molar-refractivity contribution < 1.29 is 14.7 Å². The molecule has 5 heteroatoms. The maximum atomic E-state index is 12.2. The molecule has 1 fully saturated rings. The zero-order valence-corrected chi connectivity index (χ0v) is 11.7. The minimum atomic E-state index is -1.03. The van der Waals surface area contributed by atoms with E-state index in [-0.39, 0.29) is 11.5 Å². The predicted octanol–water partition coefficient (Wildman–Crippen LogP) is 0.816. The number of carbonyl (C=O) groups excluding carboxylic acids is 1. The van der Waals surface area contributed by atoms with Gasteiger partial charge in [-0.05, 0) is 33.9 Å². The fourth-order valence-electron chi connectivity index (χ4n) is 2.35. The van der Waals surface area contributed by atoms with Gasteiger partial charge in [0.15, 0.2) is 0 Å². The molecule has 1 amide bonds. The van der Waals surface area contributed by atoms with Gasteiger partial charge in [-0.15, -0.1) is 0 Å². The van der Waals surface area contributed by atoms with E-state index in [1.54, 1.807) is 11.8 Å². The average molecular weight is 254 g/mol. The molecule has 1 heterocycles. The number of carboxylic acid groups (broad SMARTS) is 1. The molecule has 0 aromatic heterocycles. The fraction of sp³-hybridized carbons (Fsp3) is 0.692. The van der Waals surface area contributed by atoms with Gasteiger partial charge in [0, 0.05) is 30.3 Å². The Morgan fingerprint density at radius 2 is 1.72 bits per heavy atom. The Hall–Kier alpha value is -1.36. The lowest BCUT2D eigenvalue weighted by Gasteiger charge is -2.22. The number of carboxylic acids is 1. The molecule has 2 atom stereocenters. The highest BCUT2D eigenvalue weighted by Crippen LogP contribution is 2.22. The SMILES string of the molecule is CC(C(=O)O)=C(C)C(=O)N1CC(C)C(N(C)C)C1. The third-order valence-electron chi connectivity index (χ3n) is 3.73. The largest absolute Gasteiger partial charge is 0.478 e. The van der Waals surface area contributed by atoms with Gasteiger partial charge in [0.25, 0.3) is 0 Å². The van der Waals surface area contributed by atoms with Gasteiger partial charge in [-0.3, -0.25) is 4.79 Å². The molecule has 1 rings (SSSR count). The molecular weight excluding hydrogens is 232 g/mol. The second-order valence-corrected chi connectivity index (χ2v) is 5.27. The number of rotatable bonds is 3. The van der Waals surface area contributed by atoms with E-state index in [0.29, 0.717) is 30.6 Å². The second-order valence-electron chi connectivity index (χ2n) is 5.27. The van der Waals surface area contributed by atoms with Crippen LogP contribution >= 0.6 is 0 Å². The lowest BCUT2D eigenvalue weighted by molar-refractivity contribution is -0.133. The van der Waals surface area contributed by atoms with E-state index < -0.39 is 5.97 Å². The summed E-state index contributed by atoms with van der Waals surface area (Å²) >= 11 is 0. The number of likely N-dealkylation sites (tertiary alicyclic amines) is 1. The van der Waals surface area contributed by atoms with Crippen molar-refractivity contribution >= 4 is 11.9 Å². The van der Waals surface area contributed by atoms with Crippen LogP contribution in [0.3, 0.4) is 0 Å². The molecule has 1 aliphatic heterocycles. The van der Waals surface area contributed by atoms with Crippen LogP contribution in [-0.2, 0) is 9.59 Å². The minimum absolute atomic E-state index is 0.126.